The lowest BCUT2D eigenvalue weighted by Crippen LogP contribution is -2.09. The SMILES string of the molecule is CCOC(=O)c1cc(C(=O)c2ccccc2[N+](=O)[O-])n2c(C)cccc12. The Kier molecular flexibility index (Phi) is 4.53. The molecule has 7 heteroatoms. The summed E-state index contributed by atoms with van der Waals surface area (Å²) < 4.78 is 6.68. The number of hydrogen-bond donors (Lipinski definition) is 0. The summed E-state index contributed by atoms with van der Waals surface area (Å²) in [5.41, 5.74) is 1.35. The van der Waals surface area contributed by atoms with Crippen LogP contribution in [0.5, 0.6) is 0 Å². The molecule has 0 spiro atoms. The van der Waals surface area contributed by atoms with E-state index in [0.717, 1.165) is 5.69 Å². The van der Waals surface area contributed by atoms with Gasteiger partial charge < -0.3 is 9.14 Å². The Morgan fingerprint density at radius 2 is 1.85 bits per heavy atom. The number of esters is 1. The number of nitro groups is 1. The van der Waals surface area contributed by atoms with Gasteiger partial charge >= 0.3 is 5.97 Å². The van der Waals surface area contributed by atoms with Crippen LogP contribution in [0.15, 0.2) is 48.5 Å². The molecule has 0 atom stereocenters. The van der Waals surface area contributed by atoms with E-state index < -0.39 is 16.7 Å². The summed E-state index contributed by atoms with van der Waals surface area (Å²) >= 11 is 0. The van der Waals surface area contributed by atoms with E-state index in [1.807, 2.05) is 0 Å². The number of ether oxygens (including phenoxy) is 1. The van der Waals surface area contributed by atoms with Crippen LogP contribution >= 0.6 is 0 Å². The summed E-state index contributed by atoms with van der Waals surface area (Å²) in [6, 6.07) is 12.4. The van der Waals surface area contributed by atoms with Gasteiger partial charge in [0.15, 0.2) is 0 Å². The molecule has 26 heavy (non-hydrogen) atoms. The Balaban J connectivity index is 2.24. The summed E-state index contributed by atoms with van der Waals surface area (Å²) in [6.07, 6.45) is 0. The van der Waals surface area contributed by atoms with E-state index in [4.69, 9.17) is 4.74 Å². The number of aryl methyl sites for hydroxylation is 1. The van der Waals surface area contributed by atoms with Crippen LogP contribution in [0.2, 0.25) is 0 Å². The van der Waals surface area contributed by atoms with Gasteiger partial charge in [0, 0.05) is 11.8 Å². The summed E-state index contributed by atoms with van der Waals surface area (Å²) in [4.78, 5) is 36.0. The van der Waals surface area contributed by atoms with Crippen molar-refractivity contribution >= 4 is 23.0 Å². The second kappa shape index (κ2) is 6.79. The third kappa shape index (κ3) is 2.83. The van der Waals surface area contributed by atoms with Crippen LogP contribution in [0, 0.1) is 17.0 Å². The largest absolute Gasteiger partial charge is 0.462 e. The summed E-state index contributed by atoms with van der Waals surface area (Å²) in [5, 5.41) is 11.3. The monoisotopic (exact) mass is 352 g/mol. The Labute approximate surface area is 149 Å². The molecule has 0 radical (unpaired) electrons. The van der Waals surface area contributed by atoms with Crippen LogP contribution in [0.1, 0.15) is 39.0 Å². The minimum atomic E-state index is -0.595. The molecule has 0 N–H and O–H groups in total. The molecule has 0 saturated heterocycles. The van der Waals surface area contributed by atoms with Gasteiger partial charge in [-0.15, -0.1) is 0 Å². The molecule has 0 aliphatic carbocycles. The van der Waals surface area contributed by atoms with Gasteiger partial charge in [-0.3, -0.25) is 14.9 Å². The van der Waals surface area contributed by atoms with Gasteiger partial charge in [0.1, 0.15) is 5.56 Å². The standard InChI is InChI=1S/C19H16N2O5/c1-3-26-19(23)14-11-17(20-12(2)7-6-10-15(14)20)18(22)13-8-4-5-9-16(13)21(24)25/h4-11H,3H2,1-2H3. The molecule has 132 valence electrons. The smallest absolute Gasteiger partial charge is 0.340 e. The van der Waals surface area contributed by atoms with E-state index in [2.05, 4.69) is 0 Å². The zero-order valence-corrected chi connectivity index (χ0v) is 14.3. The molecule has 7 nitrogen and oxygen atoms in total. The van der Waals surface area contributed by atoms with E-state index in [0.29, 0.717) is 5.52 Å². The highest BCUT2D eigenvalue weighted by Gasteiger charge is 2.26. The van der Waals surface area contributed by atoms with Crippen LogP contribution in [-0.4, -0.2) is 27.7 Å². The maximum absolute atomic E-state index is 13.1. The van der Waals surface area contributed by atoms with E-state index in [-0.39, 0.29) is 29.1 Å². The highest BCUT2D eigenvalue weighted by atomic mass is 16.6. The molecule has 0 aliphatic rings. The first kappa shape index (κ1) is 17.3. The van der Waals surface area contributed by atoms with Crippen LogP contribution < -0.4 is 0 Å². The maximum Gasteiger partial charge on any atom is 0.340 e. The van der Waals surface area contributed by atoms with Crippen LogP contribution in [0.25, 0.3) is 5.52 Å². The van der Waals surface area contributed by atoms with Gasteiger partial charge in [-0.05, 0) is 38.1 Å². The molecular formula is C19H16N2O5. The predicted octanol–water partition coefficient (Wildman–Crippen LogP) is 3.56. The van der Waals surface area contributed by atoms with Crippen molar-refractivity contribution in [2.45, 2.75) is 13.8 Å². The van der Waals surface area contributed by atoms with Gasteiger partial charge in [0.05, 0.1) is 28.3 Å². The minimum Gasteiger partial charge on any atom is -0.462 e. The maximum atomic E-state index is 13.1. The number of ketones is 1. The normalized spacial score (nSPS) is 10.7. The fourth-order valence-corrected chi connectivity index (χ4v) is 2.93. The summed E-state index contributed by atoms with van der Waals surface area (Å²) in [6.45, 7) is 3.69. The quantitative estimate of drug-likeness (QED) is 0.303. The zero-order chi connectivity index (χ0) is 18.8. The fourth-order valence-electron chi connectivity index (χ4n) is 2.93. The average Bonchev–Trinajstić information content (AvgIpc) is 3.02. The topological polar surface area (TPSA) is 90.9 Å². The van der Waals surface area contributed by atoms with E-state index in [9.17, 15) is 19.7 Å². The molecule has 2 heterocycles. The van der Waals surface area contributed by atoms with Gasteiger partial charge in [0.2, 0.25) is 5.78 Å². The van der Waals surface area contributed by atoms with Crippen molar-refractivity contribution in [2.75, 3.05) is 6.61 Å². The van der Waals surface area contributed by atoms with Gasteiger partial charge in [-0.1, -0.05) is 18.2 Å². The second-order valence-electron chi connectivity index (χ2n) is 5.65. The molecule has 0 bridgehead atoms. The fraction of sp³-hybridized carbons (Fsp3) is 0.158. The van der Waals surface area contributed by atoms with Crippen molar-refractivity contribution in [3.05, 3.63) is 81.2 Å². The Bertz CT molecular complexity index is 1040. The number of nitro benzene ring substituents is 1. The number of fused-ring (bicyclic) bond motifs is 1. The number of rotatable bonds is 5. The Hall–Kier alpha value is -3.48. The molecule has 2 aromatic heterocycles. The summed E-state index contributed by atoms with van der Waals surface area (Å²) in [7, 11) is 0. The van der Waals surface area contributed by atoms with Crippen molar-refractivity contribution in [1.29, 1.82) is 0 Å². The molecular weight excluding hydrogens is 336 g/mol. The van der Waals surface area contributed by atoms with Crippen LogP contribution in [-0.2, 0) is 4.74 Å². The second-order valence-corrected chi connectivity index (χ2v) is 5.65. The zero-order valence-electron chi connectivity index (χ0n) is 14.3. The number of nitrogens with zero attached hydrogens (tertiary/aromatic N) is 2. The third-order valence-electron chi connectivity index (χ3n) is 4.06. The molecule has 0 amide bonds. The molecule has 0 fully saturated rings. The number of hydrogen-bond acceptors (Lipinski definition) is 5. The molecule has 0 unspecified atom stereocenters. The lowest BCUT2D eigenvalue weighted by molar-refractivity contribution is -0.385. The molecule has 0 saturated carbocycles. The van der Waals surface area contributed by atoms with Crippen LogP contribution in [0.3, 0.4) is 0 Å². The van der Waals surface area contributed by atoms with Crippen molar-refractivity contribution < 1.29 is 19.2 Å². The van der Waals surface area contributed by atoms with Crippen LogP contribution in [0.4, 0.5) is 5.69 Å². The van der Waals surface area contributed by atoms with Crippen molar-refractivity contribution in [2.24, 2.45) is 0 Å². The first-order chi connectivity index (χ1) is 12.5. The van der Waals surface area contributed by atoms with Gasteiger partial charge in [-0.2, -0.15) is 0 Å². The van der Waals surface area contributed by atoms with E-state index >= 15 is 0 Å². The predicted molar refractivity (Wildman–Crippen MR) is 94.6 cm³/mol. The first-order valence-electron chi connectivity index (χ1n) is 8.02. The van der Waals surface area contributed by atoms with Crippen molar-refractivity contribution in [3.8, 4) is 0 Å². The molecule has 1 aromatic carbocycles. The molecule has 3 aromatic rings. The Morgan fingerprint density at radius 3 is 2.54 bits per heavy atom. The highest BCUT2D eigenvalue weighted by molar-refractivity contribution is 6.13. The van der Waals surface area contributed by atoms with Gasteiger partial charge in [0.25, 0.3) is 5.69 Å². The number of carbonyl (C=O) groups is 2. The minimum absolute atomic E-state index is 0.0319. The average molecular weight is 352 g/mol. The third-order valence-corrected chi connectivity index (χ3v) is 4.06. The van der Waals surface area contributed by atoms with Gasteiger partial charge in [-0.25, -0.2) is 4.79 Å². The number of para-hydroxylation sites is 1. The number of carbonyl (C=O) groups excluding carboxylic acids is 2. The number of pyridine rings is 1. The van der Waals surface area contributed by atoms with E-state index in [1.54, 1.807) is 42.5 Å². The molecule has 3 rings (SSSR count). The molecule has 0 aliphatic heterocycles. The van der Waals surface area contributed by atoms with Crippen molar-refractivity contribution in [1.82, 2.24) is 4.40 Å². The highest BCUT2D eigenvalue weighted by Crippen LogP contribution is 2.26. The lowest BCUT2D eigenvalue weighted by atomic mass is 10.1. The van der Waals surface area contributed by atoms with Crippen molar-refractivity contribution in [3.63, 3.8) is 0 Å². The lowest BCUT2D eigenvalue weighted by Gasteiger charge is -2.06. The number of aromatic nitrogens is 1. The van der Waals surface area contributed by atoms with E-state index in [1.165, 1.54) is 24.3 Å². The Morgan fingerprint density at radius 1 is 1.12 bits per heavy atom. The number of benzene rings is 1. The first-order valence-corrected chi connectivity index (χ1v) is 8.02. The summed E-state index contributed by atoms with van der Waals surface area (Å²) in [5.74, 6) is -1.07.